The van der Waals surface area contributed by atoms with Crippen LogP contribution < -0.4 is 0 Å². The zero-order valence-corrected chi connectivity index (χ0v) is 23.3. The molecule has 0 rings (SSSR count). The first kappa shape index (κ1) is 34.2. The molecule has 0 aliphatic heterocycles. The van der Waals surface area contributed by atoms with Crippen molar-refractivity contribution in [2.24, 2.45) is 0 Å². The van der Waals surface area contributed by atoms with Crippen LogP contribution in [0.2, 0.25) is 0 Å². The van der Waals surface area contributed by atoms with Crippen LogP contribution in [0.3, 0.4) is 0 Å². The maximum Gasteiger partial charge on any atom is 0.319 e. The summed E-state index contributed by atoms with van der Waals surface area (Å²) in [6.45, 7) is 5.06. The minimum Gasteiger partial charge on any atom is -0.468 e. The van der Waals surface area contributed by atoms with Gasteiger partial charge in [-0.1, -0.05) is 13.3 Å². The van der Waals surface area contributed by atoms with Crippen LogP contribution in [-0.4, -0.2) is 150 Å². The van der Waals surface area contributed by atoms with Crippen molar-refractivity contribution >= 4 is 29.8 Å². The Kier molecular flexibility index (Phi) is 17.9. The zero-order chi connectivity index (χ0) is 28.4. The topological polar surface area (TPSA) is 135 Å². The molecule has 1 atom stereocenters. The van der Waals surface area contributed by atoms with Gasteiger partial charge in [0.2, 0.25) is 5.91 Å². The third-order valence-corrected chi connectivity index (χ3v) is 5.86. The molecular weight excluding hydrogens is 488 g/mol. The van der Waals surface area contributed by atoms with Gasteiger partial charge in [0.15, 0.2) is 0 Å². The Morgan fingerprint density at radius 1 is 0.622 bits per heavy atom. The molecule has 0 saturated heterocycles. The molecular formula is C24H44N4O9. The van der Waals surface area contributed by atoms with E-state index in [9.17, 15) is 24.0 Å². The molecule has 37 heavy (non-hydrogen) atoms. The number of hydrogen-bond acceptors (Lipinski definition) is 12. The first-order chi connectivity index (χ1) is 17.5. The second-order valence-electron chi connectivity index (χ2n) is 8.55. The van der Waals surface area contributed by atoms with Crippen LogP contribution >= 0.6 is 0 Å². The quantitative estimate of drug-likeness (QED) is 0.153. The van der Waals surface area contributed by atoms with Gasteiger partial charge in [-0.2, -0.15) is 0 Å². The number of esters is 4. The summed E-state index contributed by atoms with van der Waals surface area (Å²) in [7, 11) is 6.78. The molecule has 0 spiro atoms. The van der Waals surface area contributed by atoms with E-state index in [-0.39, 0.29) is 45.2 Å². The lowest BCUT2D eigenvalue weighted by Gasteiger charge is -2.34. The Morgan fingerprint density at radius 2 is 0.973 bits per heavy atom. The van der Waals surface area contributed by atoms with E-state index >= 15 is 0 Å². The molecule has 0 aliphatic rings. The summed E-state index contributed by atoms with van der Waals surface area (Å²) >= 11 is 0. The smallest absolute Gasteiger partial charge is 0.319 e. The SMILES string of the molecule is CCCCN(C)C(=O)C(C)N(CCN(CC(=O)OC)CC(=O)OC)CCN(CC(=O)OC)CC(=O)OC. The molecule has 0 N–H and O–H groups in total. The first-order valence-electron chi connectivity index (χ1n) is 12.2. The summed E-state index contributed by atoms with van der Waals surface area (Å²) in [4.78, 5) is 67.3. The Labute approximate surface area is 219 Å². The maximum absolute atomic E-state index is 13.1. The molecule has 0 bridgehead atoms. The third-order valence-electron chi connectivity index (χ3n) is 5.86. The fourth-order valence-electron chi connectivity index (χ4n) is 3.44. The Balaban J connectivity index is 5.69. The van der Waals surface area contributed by atoms with Crippen molar-refractivity contribution in [2.75, 3.05) is 94.4 Å². The number of nitrogens with zero attached hydrogens (tertiary/aromatic N) is 4. The number of rotatable bonds is 19. The molecule has 13 nitrogen and oxygen atoms in total. The fraction of sp³-hybridized carbons (Fsp3) is 0.792. The molecule has 13 heteroatoms. The normalized spacial score (nSPS) is 11.8. The number of hydrogen-bond donors (Lipinski definition) is 0. The van der Waals surface area contributed by atoms with E-state index in [2.05, 4.69) is 0 Å². The maximum atomic E-state index is 13.1. The number of likely N-dealkylation sites (N-methyl/N-ethyl adjacent to an activating group) is 1. The van der Waals surface area contributed by atoms with Gasteiger partial charge in [-0.15, -0.1) is 0 Å². The van der Waals surface area contributed by atoms with Crippen LogP contribution in [0, 0.1) is 0 Å². The minimum atomic E-state index is -0.543. The first-order valence-corrected chi connectivity index (χ1v) is 12.2. The molecule has 1 amide bonds. The van der Waals surface area contributed by atoms with Crippen LogP contribution in [-0.2, 0) is 42.9 Å². The summed E-state index contributed by atoms with van der Waals surface area (Å²) in [6, 6.07) is -0.543. The predicted molar refractivity (Wildman–Crippen MR) is 135 cm³/mol. The monoisotopic (exact) mass is 532 g/mol. The fourth-order valence-corrected chi connectivity index (χ4v) is 3.44. The summed E-state index contributed by atoms with van der Waals surface area (Å²) in [5, 5.41) is 0. The molecule has 0 heterocycles. The van der Waals surface area contributed by atoms with Gasteiger partial charge in [0, 0.05) is 39.8 Å². The largest absolute Gasteiger partial charge is 0.468 e. The van der Waals surface area contributed by atoms with Crippen molar-refractivity contribution in [3.8, 4) is 0 Å². The molecule has 214 valence electrons. The summed E-state index contributed by atoms with van der Waals surface area (Å²) < 4.78 is 18.9. The second kappa shape index (κ2) is 19.4. The van der Waals surface area contributed by atoms with Crippen molar-refractivity contribution < 1.29 is 42.9 Å². The predicted octanol–water partition coefficient (Wildman–Crippen LogP) is -0.769. The van der Waals surface area contributed by atoms with Gasteiger partial charge in [-0.3, -0.25) is 38.7 Å². The third kappa shape index (κ3) is 14.5. The summed E-state index contributed by atoms with van der Waals surface area (Å²) in [5.74, 6) is -2.14. The van der Waals surface area contributed by atoms with E-state index in [1.165, 1.54) is 28.4 Å². The molecule has 0 aromatic carbocycles. The highest BCUT2D eigenvalue weighted by Crippen LogP contribution is 2.07. The van der Waals surface area contributed by atoms with E-state index in [0.717, 1.165) is 12.8 Å². The standard InChI is InChI=1S/C24H44N4O9/c1-8-9-10-25(3)24(33)19(2)28(13-11-26(15-20(29)34-4)16-21(30)35-5)14-12-27(17-22(31)36-6)18-23(32)37-7/h19H,8-18H2,1-7H3. The number of amides is 1. The molecule has 0 fully saturated rings. The van der Waals surface area contributed by atoms with E-state index in [0.29, 0.717) is 19.6 Å². The highest BCUT2D eigenvalue weighted by atomic mass is 16.5. The van der Waals surface area contributed by atoms with Gasteiger partial charge in [-0.05, 0) is 13.3 Å². The average Bonchev–Trinajstić information content (AvgIpc) is 2.89. The van der Waals surface area contributed by atoms with Gasteiger partial charge >= 0.3 is 23.9 Å². The highest BCUT2D eigenvalue weighted by molar-refractivity contribution is 5.81. The van der Waals surface area contributed by atoms with Crippen molar-refractivity contribution in [3.05, 3.63) is 0 Å². The van der Waals surface area contributed by atoms with Crippen LogP contribution in [0.5, 0.6) is 0 Å². The molecule has 0 aliphatic carbocycles. The highest BCUT2D eigenvalue weighted by Gasteiger charge is 2.27. The minimum absolute atomic E-state index is 0.0894. The lowest BCUT2D eigenvalue weighted by molar-refractivity contribution is -0.147. The van der Waals surface area contributed by atoms with Gasteiger partial charge in [-0.25, -0.2) is 0 Å². The van der Waals surface area contributed by atoms with E-state index < -0.39 is 29.9 Å². The van der Waals surface area contributed by atoms with Crippen molar-refractivity contribution in [2.45, 2.75) is 32.7 Å². The number of carbonyl (C=O) groups excluding carboxylic acids is 5. The van der Waals surface area contributed by atoms with E-state index in [4.69, 9.17) is 18.9 Å². The van der Waals surface area contributed by atoms with Crippen LogP contribution in [0.4, 0.5) is 0 Å². The number of ether oxygens (including phenoxy) is 4. The Morgan fingerprint density at radius 3 is 1.27 bits per heavy atom. The van der Waals surface area contributed by atoms with Crippen molar-refractivity contribution in [1.82, 2.24) is 19.6 Å². The summed E-state index contributed by atoms with van der Waals surface area (Å²) in [5.41, 5.74) is 0. The van der Waals surface area contributed by atoms with Gasteiger partial charge in [0.1, 0.15) is 0 Å². The van der Waals surface area contributed by atoms with Crippen molar-refractivity contribution in [3.63, 3.8) is 0 Å². The molecule has 1 unspecified atom stereocenters. The van der Waals surface area contributed by atoms with Crippen molar-refractivity contribution in [1.29, 1.82) is 0 Å². The second-order valence-corrected chi connectivity index (χ2v) is 8.55. The number of carbonyl (C=O) groups is 5. The van der Waals surface area contributed by atoms with Gasteiger partial charge in [0.05, 0.1) is 60.7 Å². The zero-order valence-electron chi connectivity index (χ0n) is 23.3. The van der Waals surface area contributed by atoms with E-state index in [1.807, 2.05) is 11.8 Å². The lowest BCUT2D eigenvalue weighted by Crippen LogP contribution is -2.51. The van der Waals surface area contributed by atoms with Crippen LogP contribution in [0.25, 0.3) is 0 Å². The Hall–Kier alpha value is -2.77. The van der Waals surface area contributed by atoms with Crippen LogP contribution in [0.1, 0.15) is 26.7 Å². The molecule has 0 aromatic heterocycles. The molecule has 0 saturated carbocycles. The molecule has 0 aromatic rings. The van der Waals surface area contributed by atoms with Gasteiger partial charge in [0.25, 0.3) is 0 Å². The Bertz CT molecular complexity index is 655. The average molecular weight is 533 g/mol. The lowest BCUT2D eigenvalue weighted by atomic mass is 10.2. The van der Waals surface area contributed by atoms with Gasteiger partial charge < -0.3 is 23.8 Å². The number of methoxy groups -OCH3 is 4. The summed E-state index contributed by atoms with van der Waals surface area (Å²) in [6.07, 6.45) is 1.81. The molecule has 0 radical (unpaired) electrons. The van der Waals surface area contributed by atoms with E-state index in [1.54, 1.807) is 28.7 Å². The number of unbranched alkanes of at least 4 members (excludes halogenated alkanes) is 1. The van der Waals surface area contributed by atoms with Crippen LogP contribution in [0.15, 0.2) is 0 Å².